The van der Waals surface area contributed by atoms with Crippen molar-refractivity contribution >= 4 is 17.2 Å². The van der Waals surface area contributed by atoms with Gasteiger partial charge in [0.05, 0.1) is 5.69 Å². The summed E-state index contributed by atoms with van der Waals surface area (Å²) < 4.78 is 5.23. The molecule has 100 valence electrons. The molecule has 1 fully saturated rings. The maximum absolute atomic E-state index is 12.3. The van der Waals surface area contributed by atoms with Crippen molar-refractivity contribution in [1.82, 2.24) is 9.88 Å². The van der Waals surface area contributed by atoms with Gasteiger partial charge in [0.25, 0.3) is 5.91 Å². The summed E-state index contributed by atoms with van der Waals surface area (Å²) in [5, 5.41) is 0.849. The molecule has 0 spiro atoms. The SMILES string of the molecule is CO[C@H](C)c1nc(C)c(C(=O)N2CC[C@H](N)C2)s1. The lowest BCUT2D eigenvalue weighted by atomic mass is 10.3. The van der Waals surface area contributed by atoms with Crippen molar-refractivity contribution in [3.8, 4) is 0 Å². The van der Waals surface area contributed by atoms with Crippen LogP contribution in [-0.2, 0) is 4.74 Å². The Bertz CT molecular complexity index is 447. The molecular formula is C12H19N3O2S. The zero-order valence-electron chi connectivity index (χ0n) is 11.0. The smallest absolute Gasteiger partial charge is 0.265 e. The summed E-state index contributed by atoms with van der Waals surface area (Å²) >= 11 is 1.42. The van der Waals surface area contributed by atoms with Crippen molar-refractivity contribution in [3.63, 3.8) is 0 Å². The van der Waals surface area contributed by atoms with Gasteiger partial charge in [-0.25, -0.2) is 4.98 Å². The van der Waals surface area contributed by atoms with Crippen LogP contribution in [-0.4, -0.2) is 42.0 Å². The number of ether oxygens (including phenoxy) is 1. The van der Waals surface area contributed by atoms with Gasteiger partial charge < -0.3 is 15.4 Å². The third kappa shape index (κ3) is 2.55. The number of aromatic nitrogens is 1. The summed E-state index contributed by atoms with van der Waals surface area (Å²) in [5.74, 6) is 0.0486. The number of thiazole rings is 1. The van der Waals surface area contributed by atoms with E-state index in [0.717, 1.165) is 23.7 Å². The van der Waals surface area contributed by atoms with Crippen molar-refractivity contribution < 1.29 is 9.53 Å². The highest BCUT2D eigenvalue weighted by molar-refractivity contribution is 7.13. The number of carbonyl (C=O) groups is 1. The second-order valence-corrected chi connectivity index (χ2v) is 5.68. The summed E-state index contributed by atoms with van der Waals surface area (Å²) in [7, 11) is 1.64. The molecule has 1 aliphatic heterocycles. The monoisotopic (exact) mass is 269 g/mol. The molecule has 2 rings (SSSR count). The number of aryl methyl sites for hydroxylation is 1. The zero-order valence-corrected chi connectivity index (χ0v) is 11.8. The minimum atomic E-state index is -0.0731. The van der Waals surface area contributed by atoms with Crippen LogP contribution in [0.1, 0.15) is 39.8 Å². The molecule has 1 aromatic rings. The van der Waals surface area contributed by atoms with Crippen molar-refractivity contribution in [2.45, 2.75) is 32.4 Å². The van der Waals surface area contributed by atoms with Gasteiger partial charge in [-0.3, -0.25) is 4.79 Å². The van der Waals surface area contributed by atoms with E-state index in [4.69, 9.17) is 10.5 Å². The average Bonchev–Trinajstić information content (AvgIpc) is 2.94. The summed E-state index contributed by atoms with van der Waals surface area (Å²) in [6.07, 6.45) is 0.807. The fourth-order valence-corrected chi connectivity index (χ4v) is 3.07. The maximum Gasteiger partial charge on any atom is 0.265 e. The summed E-state index contributed by atoms with van der Waals surface area (Å²) in [4.78, 5) is 19.3. The van der Waals surface area contributed by atoms with Crippen LogP contribution in [0.2, 0.25) is 0 Å². The number of methoxy groups -OCH3 is 1. The quantitative estimate of drug-likeness (QED) is 0.899. The van der Waals surface area contributed by atoms with E-state index < -0.39 is 0 Å². The molecule has 0 bridgehead atoms. The Labute approximate surface area is 111 Å². The van der Waals surface area contributed by atoms with E-state index >= 15 is 0 Å². The highest BCUT2D eigenvalue weighted by Crippen LogP contribution is 2.27. The van der Waals surface area contributed by atoms with Gasteiger partial charge in [0.2, 0.25) is 0 Å². The van der Waals surface area contributed by atoms with Crippen LogP contribution in [0.25, 0.3) is 0 Å². The number of nitrogens with two attached hydrogens (primary N) is 1. The number of hydrogen-bond acceptors (Lipinski definition) is 5. The topological polar surface area (TPSA) is 68.5 Å². The van der Waals surface area contributed by atoms with Gasteiger partial charge in [-0.05, 0) is 20.3 Å². The van der Waals surface area contributed by atoms with E-state index in [0.29, 0.717) is 11.4 Å². The average molecular weight is 269 g/mol. The van der Waals surface area contributed by atoms with Crippen molar-refractivity contribution in [2.75, 3.05) is 20.2 Å². The lowest BCUT2D eigenvalue weighted by Gasteiger charge is -2.14. The Morgan fingerprint density at radius 3 is 2.94 bits per heavy atom. The zero-order chi connectivity index (χ0) is 13.3. The molecule has 2 heterocycles. The van der Waals surface area contributed by atoms with Gasteiger partial charge in [0.1, 0.15) is 16.0 Å². The van der Waals surface area contributed by atoms with Gasteiger partial charge in [-0.1, -0.05) is 0 Å². The number of carbonyl (C=O) groups excluding carboxylic acids is 1. The van der Waals surface area contributed by atoms with Crippen LogP contribution >= 0.6 is 11.3 Å². The highest BCUT2D eigenvalue weighted by Gasteiger charge is 2.28. The fraction of sp³-hybridized carbons (Fsp3) is 0.667. The molecule has 0 saturated carbocycles. The van der Waals surface area contributed by atoms with E-state index in [1.54, 1.807) is 7.11 Å². The Morgan fingerprint density at radius 2 is 2.39 bits per heavy atom. The molecule has 0 unspecified atom stereocenters. The van der Waals surface area contributed by atoms with Gasteiger partial charge in [0, 0.05) is 26.2 Å². The van der Waals surface area contributed by atoms with Gasteiger partial charge >= 0.3 is 0 Å². The van der Waals surface area contributed by atoms with Crippen LogP contribution in [0, 0.1) is 6.92 Å². The molecule has 1 amide bonds. The number of likely N-dealkylation sites (tertiary alicyclic amines) is 1. The van der Waals surface area contributed by atoms with E-state index in [1.807, 2.05) is 18.7 Å². The Hall–Kier alpha value is -0.980. The van der Waals surface area contributed by atoms with Gasteiger partial charge in [0.15, 0.2) is 0 Å². The predicted molar refractivity (Wildman–Crippen MR) is 70.8 cm³/mol. The first-order valence-corrected chi connectivity index (χ1v) is 6.89. The fourth-order valence-electron chi connectivity index (χ4n) is 2.01. The first-order valence-electron chi connectivity index (χ1n) is 6.08. The standard InChI is InChI=1S/C12H19N3O2S/c1-7-10(18-11(14-7)8(2)17-3)12(16)15-5-4-9(13)6-15/h8-9H,4-6,13H2,1-3H3/t8-,9+/m1/s1. The molecule has 0 radical (unpaired) electrons. The lowest BCUT2D eigenvalue weighted by molar-refractivity contribution is 0.0794. The lowest BCUT2D eigenvalue weighted by Crippen LogP contribution is -2.31. The molecule has 1 saturated heterocycles. The molecule has 0 aliphatic carbocycles. The summed E-state index contributed by atoms with van der Waals surface area (Å²) in [6.45, 7) is 5.18. The molecule has 1 aromatic heterocycles. The van der Waals surface area contributed by atoms with Crippen LogP contribution in [0.4, 0.5) is 0 Å². The minimum absolute atomic E-state index is 0.0486. The predicted octanol–water partition coefficient (Wildman–Crippen LogP) is 1.33. The number of amides is 1. The number of hydrogen-bond donors (Lipinski definition) is 1. The summed E-state index contributed by atoms with van der Waals surface area (Å²) in [6, 6.07) is 0.111. The molecule has 18 heavy (non-hydrogen) atoms. The first-order chi connectivity index (χ1) is 8.52. The first kappa shape index (κ1) is 13.5. The maximum atomic E-state index is 12.3. The Kier molecular flexibility index (Phi) is 3.99. The van der Waals surface area contributed by atoms with Crippen LogP contribution in [0.15, 0.2) is 0 Å². The van der Waals surface area contributed by atoms with E-state index in [-0.39, 0.29) is 18.1 Å². The molecule has 0 aromatic carbocycles. The summed E-state index contributed by atoms with van der Waals surface area (Å²) in [5.41, 5.74) is 6.61. The normalized spacial score (nSPS) is 21.3. The highest BCUT2D eigenvalue weighted by atomic mass is 32.1. The molecule has 2 N–H and O–H groups in total. The third-order valence-electron chi connectivity index (χ3n) is 3.22. The molecule has 2 atom stereocenters. The van der Waals surface area contributed by atoms with Gasteiger partial charge in [-0.2, -0.15) is 0 Å². The van der Waals surface area contributed by atoms with E-state index in [1.165, 1.54) is 11.3 Å². The molecule has 5 nitrogen and oxygen atoms in total. The molecular weight excluding hydrogens is 250 g/mol. The Morgan fingerprint density at radius 1 is 1.67 bits per heavy atom. The number of rotatable bonds is 3. The third-order valence-corrected chi connectivity index (χ3v) is 4.53. The minimum Gasteiger partial charge on any atom is -0.375 e. The largest absolute Gasteiger partial charge is 0.375 e. The van der Waals surface area contributed by atoms with Crippen LogP contribution < -0.4 is 5.73 Å². The van der Waals surface area contributed by atoms with Crippen LogP contribution in [0.5, 0.6) is 0 Å². The second kappa shape index (κ2) is 5.34. The number of nitrogens with zero attached hydrogens (tertiary/aromatic N) is 2. The Balaban J connectivity index is 2.17. The second-order valence-electron chi connectivity index (χ2n) is 4.64. The van der Waals surface area contributed by atoms with Gasteiger partial charge in [-0.15, -0.1) is 11.3 Å². The van der Waals surface area contributed by atoms with E-state index in [2.05, 4.69) is 4.98 Å². The van der Waals surface area contributed by atoms with Crippen molar-refractivity contribution in [2.24, 2.45) is 5.73 Å². The van der Waals surface area contributed by atoms with E-state index in [9.17, 15) is 4.79 Å². The molecule has 6 heteroatoms. The van der Waals surface area contributed by atoms with Crippen LogP contribution in [0.3, 0.4) is 0 Å². The van der Waals surface area contributed by atoms with Crippen molar-refractivity contribution in [3.05, 3.63) is 15.6 Å². The van der Waals surface area contributed by atoms with Crippen molar-refractivity contribution in [1.29, 1.82) is 0 Å². The molecule has 1 aliphatic rings.